The lowest BCUT2D eigenvalue weighted by Gasteiger charge is -2.38. The Bertz CT molecular complexity index is 1030. The number of benzene rings is 1. The van der Waals surface area contributed by atoms with E-state index in [1.54, 1.807) is 36.3 Å². The number of para-hydroxylation sites is 1. The maximum absolute atomic E-state index is 13.5. The molecule has 9 heteroatoms. The second-order valence-corrected chi connectivity index (χ2v) is 7.30. The first-order chi connectivity index (χ1) is 14.6. The van der Waals surface area contributed by atoms with Gasteiger partial charge in [0.05, 0.1) is 48.1 Å². The minimum atomic E-state index is -0.387. The molecule has 3 heterocycles. The third-order valence-corrected chi connectivity index (χ3v) is 5.37. The molecule has 4 rings (SSSR count). The van der Waals surface area contributed by atoms with Crippen molar-refractivity contribution < 1.29 is 14.3 Å². The Morgan fingerprint density at radius 2 is 1.90 bits per heavy atom. The van der Waals surface area contributed by atoms with Crippen LogP contribution in [-0.2, 0) is 4.74 Å². The molecular formula is C21H24N6O3. The molecule has 0 aliphatic carbocycles. The first kappa shape index (κ1) is 19.8. The highest BCUT2D eigenvalue weighted by atomic mass is 16.5. The molecule has 2 aromatic heterocycles. The number of rotatable bonds is 5. The second-order valence-electron chi connectivity index (χ2n) is 7.30. The van der Waals surface area contributed by atoms with Crippen LogP contribution in [0.2, 0.25) is 0 Å². The molecule has 1 fully saturated rings. The standard InChI is InChI=1S/C21H24N6O3/c1-3-30-21(29)16-12-24-26(13-16)17-9-8-15(2)25(14-17)20(28)18-6-4-5-7-19(18)27-22-10-11-23-27/h4-7,10-13,15,17H,3,8-9,14H2,1-2H3/t15-,17-/m1/s1. The number of esters is 1. The van der Waals surface area contributed by atoms with Crippen molar-refractivity contribution in [1.82, 2.24) is 29.7 Å². The van der Waals surface area contributed by atoms with Crippen LogP contribution in [0.15, 0.2) is 49.1 Å². The van der Waals surface area contributed by atoms with Crippen molar-refractivity contribution >= 4 is 11.9 Å². The number of carbonyl (C=O) groups excluding carboxylic acids is 2. The van der Waals surface area contributed by atoms with Gasteiger partial charge in [-0.1, -0.05) is 12.1 Å². The lowest BCUT2D eigenvalue weighted by molar-refractivity contribution is 0.0520. The van der Waals surface area contributed by atoms with Crippen LogP contribution in [0.1, 0.15) is 53.4 Å². The molecule has 0 unspecified atom stereocenters. The predicted octanol–water partition coefficient (Wildman–Crippen LogP) is 2.51. The van der Waals surface area contributed by atoms with Gasteiger partial charge >= 0.3 is 5.97 Å². The molecule has 1 aliphatic rings. The average Bonchev–Trinajstić information content (AvgIpc) is 3.46. The van der Waals surface area contributed by atoms with E-state index in [1.807, 2.05) is 23.1 Å². The zero-order valence-corrected chi connectivity index (χ0v) is 17.0. The lowest BCUT2D eigenvalue weighted by Crippen LogP contribution is -2.46. The van der Waals surface area contributed by atoms with Gasteiger partial charge in [-0.3, -0.25) is 9.48 Å². The van der Waals surface area contributed by atoms with E-state index in [9.17, 15) is 9.59 Å². The molecular weight excluding hydrogens is 384 g/mol. The van der Waals surface area contributed by atoms with Crippen molar-refractivity contribution in [2.24, 2.45) is 0 Å². The summed E-state index contributed by atoms with van der Waals surface area (Å²) < 4.78 is 6.80. The number of nitrogens with zero attached hydrogens (tertiary/aromatic N) is 6. The average molecular weight is 408 g/mol. The fourth-order valence-corrected chi connectivity index (χ4v) is 3.77. The number of likely N-dealkylation sites (tertiary alicyclic amines) is 1. The molecule has 1 aliphatic heterocycles. The summed E-state index contributed by atoms with van der Waals surface area (Å²) in [5, 5.41) is 12.7. The molecule has 30 heavy (non-hydrogen) atoms. The van der Waals surface area contributed by atoms with Gasteiger partial charge in [-0.25, -0.2) is 4.79 Å². The topological polar surface area (TPSA) is 95.1 Å². The van der Waals surface area contributed by atoms with Gasteiger partial charge in [-0.2, -0.15) is 20.1 Å². The van der Waals surface area contributed by atoms with Crippen molar-refractivity contribution in [3.05, 3.63) is 60.2 Å². The van der Waals surface area contributed by atoms with E-state index in [0.717, 1.165) is 12.8 Å². The van der Waals surface area contributed by atoms with Crippen LogP contribution in [0.3, 0.4) is 0 Å². The maximum atomic E-state index is 13.5. The number of hydrogen-bond donors (Lipinski definition) is 0. The van der Waals surface area contributed by atoms with Crippen molar-refractivity contribution in [2.45, 2.75) is 38.8 Å². The first-order valence-corrected chi connectivity index (χ1v) is 10.1. The van der Waals surface area contributed by atoms with E-state index >= 15 is 0 Å². The zero-order chi connectivity index (χ0) is 21.1. The quantitative estimate of drug-likeness (QED) is 0.602. The first-order valence-electron chi connectivity index (χ1n) is 10.1. The van der Waals surface area contributed by atoms with Crippen LogP contribution in [-0.4, -0.2) is 60.7 Å². The molecule has 0 bridgehead atoms. The van der Waals surface area contributed by atoms with Crippen LogP contribution < -0.4 is 0 Å². The van der Waals surface area contributed by atoms with E-state index in [2.05, 4.69) is 22.2 Å². The maximum Gasteiger partial charge on any atom is 0.341 e. The third-order valence-electron chi connectivity index (χ3n) is 5.37. The van der Waals surface area contributed by atoms with Gasteiger partial charge in [0, 0.05) is 18.8 Å². The fraction of sp³-hybridized carbons (Fsp3) is 0.381. The Hall–Kier alpha value is -3.49. The fourth-order valence-electron chi connectivity index (χ4n) is 3.77. The van der Waals surface area contributed by atoms with Crippen molar-refractivity contribution in [1.29, 1.82) is 0 Å². The van der Waals surface area contributed by atoms with Gasteiger partial charge in [-0.15, -0.1) is 0 Å². The number of aromatic nitrogens is 5. The van der Waals surface area contributed by atoms with E-state index in [1.165, 1.54) is 11.0 Å². The highest BCUT2D eigenvalue weighted by Gasteiger charge is 2.32. The molecule has 0 saturated carbocycles. The van der Waals surface area contributed by atoms with Crippen LogP contribution in [0.25, 0.3) is 5.69 Å². The van der Waals surface area contributed by atoms with Gasteiger partial charge < -0.3 is 9.64 Å². The van der Waals surface area contributed by atoms with Gasteiger partial charge in [-0.05, 0) is 38.8 Å². The predicted molar refractivity (Wildman–Crippen MR) is 108 cm³/mol. The Morgan fingerprint density at radius 3 is 2.67 bits per heavy atom. The van der Waals surface area contributed by atoms with Gasteiger partial charge in [0.2, 0.25) is 0 Å². The van der Waals surface area contributed by atoms with E-state index in [4.69, 9.17) is 4.74 Å². The smallest absolute Gasteiger partial charge is 0.341 e. The van der Waals surface area contributed by atoms with Crippen LogP contribution in [0.4, 0.5) is 0 Å². The van der Waals surface area contributed by atoms with Crippen molar-refractivity contribution in [2.75, 3.05) is 13.2 Å². The number of piperidine rings is 1. The number of amides is 1. The highest BCUT2D eigenvalue weighted by Crippen LogP contribution is 2.28. The van der Waals surface area contributed by atoms with Crippen LogP contribution in [0.5, 0.6) is 0 Å². The molecule has 156 valence electrons. The van der Waals surface area contributed by atoms with E-state index < -0.39 is 0 Å². The number of carbonyl (C=O) groups is 2. The Balaban J connectivity index is 1.56. The van der Waals surface area contributed by atoms with Crippen LogP contribution >= 0.6 is 0 Å². The Morgan fingerprint density at radius 1 is 1.13 bits per heavy atom. The van der Waals surface area contributed by atoms with E-state index in [0.29, 0.717) is 30.0 Å². The summed E-state index contributed by atoms with van der Waals surface area (Å²) in [7, 11) is 0. The highest BCUT2D eigenvalue weighted by molar-refractivity contribution is 5.98. The SMILES string of the molecule is CCOC(=O)c1cnn([C@@H]2CC[C@@H](C)N(C(=O)c3ccccc3-n3nccn3)C2)c1. The zero-order valence-electron chi connectivity index (χ0n) is 17.0. The third kappa shape index (κ3) is 3.83. The molecule has 0 radical (unpaired) electrons. The summed E-state index contributed by atoms with van der Waals surface area (Å²) in [4.78, 5) is 28.7. The Labute approximate surface area is 174 Å². The summed E-state index contributed by atoms with van der Waals surface area (Å²) in [5.41, 5.74) is 1.61. The number of ether oxygens (including phenoxy) is 1. The molecule has 9 nitrogen and oxygen atoms in total. The minimum Gasteiger partial charge on any atom is -0.462 e. The van der Waals surface area contributed by atoms with Gasteiger partial charge in [0.25, 0.3) is 5.91 Å². The van der Waals surface area contributed by atoms with Crippen LogP contribution in [0, 0.1) is 0 Å². The molecule has 1 aromatic carbocycles. The van der Waals surface area contributed by atoms with Crippen molar-refractivity contribution in [3.8, 4) is 5.69 Å². The normalized spacial score (nSPS) is 18.9. The molecule has 1 amide bonds. The minimum absolute atomic E-state index is 0.0108. The van der Waals surface area contributed by atoms with Gasteiger partial charge in [0.15, 0.2) is 0 Å². The molecule has 0 spiro atoms. The second kappa shape index (κ2) is 8.48. The summed E-state index contributed by atoms with van der Waals surface area (Å²) in [6.45, 7) is 4.64. The number of hydrogen-bond acceptors (Lipinski definition) is 6. The molecule has 1 saturated heterocycles. The van der Waals surface area contributed by atoms with Crippen molar-refractivity contribution in [3.63, 3.8) is 0 Å². The van der Waals surface area contributed by atoms with Gasteiger partial charge in [0.1, 0.15) is 0 Å². The molecule has 0 N–H and O–H groups in total. The lowest BCUT2D eigenvalue weighted by atomic mass is 9.98. The summed E-state index contributed by atoms with van der Waals surface area (Å²) in [6, 6.07) is 7.41. The summed E-state index contributed by atoms with van der Waals surface area (Å²) in [6.07, 6.45) is 8.09. The largest absolute Gasteiger partial charge is 0.462 e. The summed E-state index contributed by atoms with van der Waals surface area (Å²) >= 11 is 0. The Kier molecular flexibility index (Phi) is 5.60. The monoisotopic (exact) mass is 408 g/mol. The molecule has 3 aromatic rings. The van der Waals surface area contributed by atoms with E-state index in [-0.39, 0.29) is 24.0 Å². The summed E-state index contributed by atoms with van der Waals surface area (Å²) in [5.74, 6) is -0.459. The molecule has 2 atom stereocenters.